The van der Waals surface area contributed by atoms with Gasteiger partial charge in [-0.25, -0.2) is 8.78 Å². The molecule has 0 bridgehead atoms. The molecule has 3 nitrogen and oxygen atoms in total. The molecular weight excluding hydrogens is 226 g/mol. The molecule has 0 saturated carbocycles. The Bertz CT molecular complexity index is 497. The van der Waals surface area contributed by atoms with Gasteiger partial charge in [0.2, 0.25) is 0 Å². The van der Waals surface area contributed by atoms with Gasteiger partial charge in [0.1, 0.15) is 11.6 Å². The van der Waals surface area contributed by atoms with Gasteiger partial charge in [0.25, 0.3) is 10.1 Å². The minimum absolute atomic E-state index is 0.131. The van der Waals surface area contributed by atoms with Crippen LogP contribution in [0.25, 0.3) is 5.57 Å². The third kappa shape index (κ3) is 2.40. The molecule has 0 unspecified atom stereocenters. The molecule has 0 aliphatic carbocycles. The molecular formula is C9H8F2O3S. The second-order valence-electron chi connectivity index (χ2n) is 3.02. The molecule has 1 N–H and O–H groups in total. The fourth-order valence-electron chi connectivity index (χ4n) is 1.11. The summed E-state index contributed by atoms with van der Waals surface area (Å²) < 4.78 is 56.3. The van der Waals surface area contributed by atoms with Gasteiger partial charge in [-0.3, -0.25) is 4.55 Å². The van der Waals surface area contributed by atoms with E-state index in [9.17, 15) is 17.2 Å². The van der Waals surface area contributed by atoms with Crippen molar-refractivity contribution in [2.75, 3.05) is 0 Å². The van der Waals surface area contributed by atoms with E-state index in [1.54, 1.807) is 0 Å². The highest BCUT2D eigenvalue weighted by Gasteiger charge is 2.17. The molecule has 1 aromatic carbocycles. The van der Waals surface area contributed by atoms with E-state index in [0.29, 0.717) is 12.1 Å². The Hall–Kier alpha value is -1.27. The molecule has 1 rings (SSSR count). The van der Waals surface area contributed by atoms with Gasteiger partial charge in [-0.15, -0.1) is 0 Å². The monoisotopic (exact) mass is 234 g/mol. The zero-order valence-corrected chi connectivity index (χ0v) is 8.61. The number of allylic oxidation sites excluding steroid dienone is 1. The number of hydrogen-bond acceptors (Lipinski definition) is 2. The lowest BCUT2D eigenvalue weighted by Gasteiger charge is -2.05. The summed E-state index contributed by atoms with van der Waals surface area (Å²) >= 11 is 0. The van der Waals surface area contributed by atoms with E-state index in [0.717, 1.165) is 0 Å². The van der Waals surface area contributed by atoms with Crippen LogP contribution in [-0.4, -0.2) is 13.0 Å². The van der Waals surface area contributed by atoms with Gasteiger partial charge in [0.15, 0.2) is 0 Å². The summed E-state index contributed by atoms with van der Waals surface area (Å²) in [6.45, 7) is 4.73. The molecule has 0 aromatic heterocycles. The highest BCUT2D eigenvalue weighted by atomic mass is 32.2. The highest BCUT2D eigenvalue weighted by Crippen LogP contribution is 2.23. The summed E-state index contributed by atoms with van der Waals surface area (Å²) in [7, 11) is -4.60. The lowest BCUT2D eigenvalue weighted by Crippen LogP contribution is -2.02. The topological polar surface area (TPSA) is 54.4 Å². The van der Waals surface area contributed by atoms with Gasteiger partial charge in [-0.1, -0.05) is 6.58 Å². The van der Waals surface area contributed by atoms with Crippen LogP contribution in [0.1, 0.15) is 12.5 Å². The molecule has 0 radical (unpaired) electrons. The van der Waals surface area contributed by atoms with Crippen LogP contribution < -0.4 is 0 Å². The molecule has 0 aliphatic heterocycles. The van der Waals surface area contributed by atoms with Crippen LogP contribution in [0.2, 0.25) is 0 Å². The lowest BCUT2D eigenvalue weighted by atomic mass is 10.1. The van der Waals surface area contributed by atoms with Crippen molar-refractivity contribution in [3.8, 4) is 0 Å². The Kier molecular flexibility index (Phi) is 2.92. The number of halogens is 2. The molecule has 0 spiro atoms. The third-order valence-corrected chi connectivity index (χ3v) is 2.57. The first-order valence-electron chi connectivity index (χ1n) is 3.86. The molecule has 0 amide bonds. The fourth-order valence-corrected chi connectivity index (χ4v) is 1.61. The Morgan fingerprint density at radius 1 is 1.33 bits per heavy atom. The molecule has 0 aliphatic rings. The summed E-state index contributed by atoms with van der Waals surface area (Å²) in [5.74, 6) is -2.15. The molecule has 0 atom stereocenters. The van der Waals surface area contributed by atoms with Gasteiger partial charge < -0.3 is 0 Å². The van der Waals surface area contributed by atoms with E-state index in [1.165, 1.54) is 6.92 Å². The van der Waals surface area contributed by atoms with Gasteiger partial charge in [-0.05, 0) is 24.6 Å². The van der Waals surface area contributed by atoms with Crippen molar-refractivity contribution in [2.45, 2.75) is 11.8 Å². The largest absolute Gasteiger partial charge is 0.294 e. The van der Waals surface area contributed by atoms with Crippen LogP contribution in [0, 0.1) is 11.6 Å². The third-order valence-electron chi connectivity index (χ3n) is 1.74. The van der Waals surface area contributed by atoms with E-state index in [4.69, 9.17) is 4.55 Å². The van der Waals surface area contributed by atoms with Crippen molar-refractivity contribution in [1.82, 2.24) is 0 Å². The van der Waals surface area contributed by atoms with Gasteiger partial charge in [0, 0.05) is 5.56 Å². The van der Waals surface area contributed by atoms with Crippen LogP contribution in [0.3, 0.4) is 0 Å². The van der Waals surface area contributed by atoms with Crippen molar-refractivity contribution in [3.63, 3.8) is 0 Å². The van der Waals surface area contributed by atoms with Crippen LogP contribution in [0.5, 0.6) is 0 Å². The maximum Gasteiger partial charge on any atom is 0.294 e. The van der Waals surface area contributed by atoms with Gasteiger partial charge in [0.05, 0.1) is 4.90 Å². The minimum Gasteiger partial charge on any atom is -0.282 e. The highest BCUT2D eigenvalue weighted by molar-refractivity contribution is 7.85. The predicted molar refractivity (Wildman–Crippen MR) is 50.9 cm³/mol. The van der Waals surface area contributed by atoms with E-state index in [-0.39, 0.29) is 11.1 Å². The number of hydrogen-bond donors (Lipinski definition) is 1. The normalized spacial score (nSPS) is 11.5. The van der Waals surface area contributed by atoms with Crippen LogP contribution >= 0.6 is 0 Å². The smallest absolute Gasteiger partial charge is 0.282 e. The van der Waals surface area contributed by atoms with E-state index >= 15 is 0 Å². The molecule has 0 heterocycles. The van der Waals surface area contributed by atoms with Crippen LogP contribution in [0.4, 0.5) is 8.78 Å². The van der Waals surface area contributed by atoms with Crippen molar-refractivity contribution < 1.29 is 21.8 Å². The summed E-state index contributed by atoms with van der Waals surface area (Å²) in [6.07, 6.45) is 0. The van der Waals surface area contributed by atoms with Gasteiger partial charge >= 0.3 is 0 Å². The summed E-state index contributed by atoms with van der Waals surface area (Å²) in [6, 6.07) is 1.09. The van der Waals surface area contributed by atoms with E-state index in [2.05, 4.69) is 6.58 Å². The maximum atomic E-state index is 13.2. The minimum atomic E-state index is -4.60. The average molecular weight is 234 g/mol. The first-order chi connectivity index (χ1) is 6.73. The first kappa shape index (κ1) is 11.8. The Morgan fingerprint density at radius 2 is 1.73 bits per heavy atom. The van der Waals surface area contributed by atoms with Crippen LogP contribution in [0.15, 0.2) is 23.6 Å². The lowest BCUT2D eigenvalue weighted by molar-refractivity contribution is 0.479. The van der Waals surface area contributed by atoms with Crippen LogP contribution in [-0.2, 0) is 10.1 Å². The van der Waals surface area contributed by atoms with E-state index < -0.39 is 26.6 Å². The zero-order valence-electron chi connectivity index (χ0n) is 7.79. The standard InChI is InChI=1S/C9H8F2O3S/c1-5(2)9-7(10)3-6(4-8(9)11)15(12,13)14/h3-4H,1H2,2H3,(H,12,13,14). The van der Waals surface area contributed by atoms with Crippen molar-refractivity contribution in [1.29, 1.82) is 0 Å². The Morgan fingerprint density at radius 3 is 2.00 bits per heavy atom. The fraction of sp³-hybridized carbons (Fsp3) is 0.111. The second-order valence-corrected chi connectivity index (χ2v) is 4.44. The van der Waals surface area contributed by atoms with Crippen molar-refractivity contribution in [2.24, 2.45) is 0 Å². The predicted octanol–water partition coefficient (Wildman–Crippen LogP) is 2.24. The summed E-state index contributed by atoms with van der Waals surface area (Å²) in [4.78, 5) is -0.817. The molecule has 6 heteroatoms. The summed E-state index contributed by atoms with van der Waals surface area (Å²) in [5.41, 5.74) is -0.255. The maximum absolute atomic E-state index is 13.2. The van der Waals surface area contributed by atoms with E-state index in [1.807, 2.05) is 0 Å². The molecule has 1 aromatic rings. The Labute approximate surface area is 85.8 Å². The quantitative estimate of drug-likeness (QED) is 0.798. The number of rotatable bonds is 2. The first-order valence-corrected chi connectivity index (χ1v) is 5.30. The molecule has 15 heavy (non-hydrogen) atoms. The molecule has 0 fully saturated rings. The Balaban J connectivity index is 3.52. The summed E-state index contributed by atoms with van der Waals surface area (Å²) in [5, 5.41) is 0. The molecule has 0 saturated heterocycles. The van der Waals surface area contributed by atoms with Gasteiger partial charge in [-0.2, -0.15) is 8.42 Å². The SMILES string of the molecule is C=C(C)c1c(F)cc(S(=O)(=O)O)cc1F. The second kappa shape index (κ2) is 3.71. The number of benzene rings is 1. The van der Waals surface area contributed by atoms with Crippen molar-refractivity contribution in [3.05, 3.63) is 35.9 Å². The van der Waals surface area contributed by atoms with Crippen molar-refractivity contribution >= 4 is 15.7 Å². The zero-order chi connectivity index (χ0) is 11.8. The molecule has 82 valence electrons. The average Bonchev–Trinajstić information content (AvgIpc) is 1.99.